The number of hydrogen-bond donors (Lipinski definition) is 0. The lowest BCUT2D eigenvalue weighted by atomic mass is 9.97. The van der Waals surface area contributed by atoms with Crippen LogP contribution in [0.3, 0.4) is 0 Å². The lowest BCUT2D eigenvalue weighted by Gasteiger charge is -2.08. The first-order chi connectivity index (χ1) is 11.2. The molecule has 0 amide bonds. The molecular weight excluding hydrogens is 296 g/mol. The molecule has 1 heteroatoms. The van der Waals surface area contributed by atoms with Crippen molar-refractivity contribution in [2.45, 2.75) is 20.3 Å². The molecule has 0 saturated carbocycles. The summed E-state index contributed by atoms with van der Waals surface area (Å²) in [4.78, 5) is 0. The molecule has 0 fully saturated rings. The Hall–Kier alpha value is -2.12. The van der Waals surface area contributed by atoms with E-state index in [0.717, 1.165) is 6.42 Å². The van der Waals surface area contributed by atoms with Crippen LogP contribution in [-0.4, -0.2) is 0 Å². The quantitative estimate of drug-likeness (QED) is 0.385. The molecule has 0 saturated heterocycles. The summed E-state index contributed by atoms with van der Waals surface area (Å²) in [5.74, 6) is 0.690. The van der Waals surface area contributed by atoms with Gasteiger partial charge in [-0.1, -0.05) is 68.4 Å². The van der Waals surface area contributed by atoms with E-state index in [0.29, 0.717) is 5.92 Å². The van der Waals surface area contributed by atoms with E-state index < -0.39 is 0 Å². The summed E-state index contributed by atoms with van der Waals surface area (Å²) in [6.45, 7) is 4.55. The van der Waals surface area contributed by atoms with Gasteiger partial charge in [-0.05, 0) is 41.2 Å². The van der Waals surface area contributed by atoms with Gasteiger partial charge in [0, 0.05) is 20.2 Å². The van der Waals surface area contributed by atoms with Crippen molar-refractivity contribution in [3.05, 3.63) is 72.3 Å². The van der Waals surface area contributed by atoms with Crippen LogP contribution in [0.2, 0.25) is 0 Å². The van der Waals surface area contributed by atoms with Gasteiger partial charge in [-0.3, -0.25) is 0 Å². The Morgan fingerprint density at radius 3 is 2.39 bits per heavy atom. The maximum Gasteiger partial charge on any atom is 0.0361 e. The maximum atomic E-state index is 2.34. The second-order valence-corrected chi connectivity index (χ2v) is 7.69. The van der Waals surface area contributed by atoms with Crippen LogP contribution >= 0.6 is 11.3 Å². The standard InChI is InChI=1S/C22H20S/c1-15(2)12-16-6-5-7-17(13-16)18-10-11-20-19-8-3-4-9-21(19)23-22(20)14-18/h3-11,13-15H,12H2,1-2H3. The van der Waals surface area contributed by atoms with Crippen LogP contribution in [0.4, 0.5) is 0 Å². The Morgan fingerprint density at radius 2 is 1.52 bits per heavy atom. The minimum atomic E-state index is 0.690. The second kappa shape index (κ2) is 5.82. The van der Waals surface area contributed by atoms with Crippen molar-refractivity contribution in [2.24, 2.45) is 5.92 Å². The zero-order valence-corrected chi connectivity index (χ0v) is 14.4. The van der Waals surface area contributed by atoms with Crippen LogP contribution in [0.25, 0.3) is 31.3 Å². The van der Waals surface area contributed by atoms with Crippen LogP contribution in [0.5, 0.6) is 0 Å². The summed E-state index contributed by atoms with van der Waals surface area (Å²) in [5, 5.41) is 2.74. The highest BCUT2D eigenvalue weighted by atomic mass is 32.1. The molecule has 0 bridgehead atoms. The first-order valence-corrected chi connectivity index (χ1v) is 9.03. The molecule has 1 aromatic heterocycles. The molecule has 4 aromatic rings. The van der Waals surface area contributed by atoms with E-state index in [2.05, 4.69) is 80.6 Å². The average Bonchev–Trinajstić information content (AvgIpc) is 2.92. The molecule has 0 spiro atoms. The summed E-state index contributed by atoms with van der Waals surface area (Å²) >= 11 is 1.89. The normalized spacial score (nSPS) is 11.6. The van der Waals surface area contributed by atoms with E-state index in [-0.39, 0.29) is 0 Å². The second-order valence-electron chi connectivity index (χ2n) is 6.61. The van der Waals surface area contributed by atoms with E-state index in [1.54, 1.807) is 0 Å². The SMILES string of the molecule is CC(C)Cc1cccc(-c2ccc3c(c2)sc2ccccc23)c1. The lowest BCUT2D eigenvalue weighted by Crippen LogP contribution is -1.93. The number of rotatable bonds is 3. The Bertz CT molecular complexity index is 976. The van der Waals surface area contributed by atoms with E-state index in [1.165, 1.54) is 36.9 Å². The molecule has 0 unspecified atom stereocenters. The smallest absolute Gasteiger partial charge is 0.0361 e. The van der Waals surface area contributed by atoms with Crippen LogP contribution in [0, 0.1) is 5.92 Å². The molecule has 0 aliphatic heterocycles. The minimum absolute atomic E-state index is 0.690. The number of fused-ring (bicyclic) bond motifs is 3. The van der Waals surface area contributed by atoms with Gasteiger partial charge >= 0.3 is 0 Å². The zero-order chi connectivity index (χ0) is 15.8. The fourth-order valence-electron chi connectivity index (χ4n) is 3.25. The minimum Gasteiger partial charge on any atom is -0.135 e. The Labute approximate surface area is 141 Å². The molecule has 4 rings (SSSR count). The molecule has 114 valence electrons. The zero-order valence-electron chi connectivity index (χ0n) is 13.5. The van der Waals surface area contributed by atoms with Crippen LogP contribution in [-0.2, 0) is 6.42 Å². The van der Waals surface area contributed by atoms with E-state index in [4.69, 9.17) is 0 Å². The number of benzene rings is 3. The predicted molar refractivity (Wildman–Crippen MR) is 103 cm³/mol. The van der Waals surface area contributed by atoms with Gasteiger partial charge in [0.15, 0.2) is 0 Å². The van der Waals surface area contributed by atoms with E-state index >= 15 is 0 Å². The molecule has 0 radical (unpaired) electrons. The first kappa shape index (κ1) is 14.5. The highest BCUT2D eigenvalue weighted by Crippen LogP contribution is 2.36. The van der Waals surface area contributed by atoms with E-state index in [9.17, 15) is 0 Å². The summed E-state index contributed by atoms with van der Waals surface area (Å²) in [7, 11) is 0. The highest BCUT2D eigenvalue weighted by Gasteiger charge is 2.07. The van der Waals surface area contributed by atoms with Crippen molar-refractivity contribution >= 4 is 31.5 Å². The Morgan fingerprint density at radius 1 is 0.739 bits per heavy atom. The Kier molecular flexibility index (Phi) is 3.66. The number of thiophene rings is 1. The van der Waals surface area contributed by atoms with Crippen molar-refractivity contribution < 1.29 is 0 Å². The van der Waals surface area contributed by atoms with Gasteiger partial charge in [0.25, 0.3) is 0 Å². The maximum absolute atomic E-state index is 2.34. The van der Waals surface area contributed by atoms with Gasteiger partial charge in [-0.25, -0.2) is 0 Å². The van der Waals surface area contributed by atoms with Gasteiger partial charge < -0.3 is 0 Å². The molecular formula is C22H20S. The van der Waals surface area contributed by atoms with E-state index in [1.807, 2.05) is 11.3 Å². The molecule has 1 heterocycles. The number of hydrogen-bond acceptors (Lipinski definition) is 1. The molecule has 0 nitrogen and oxygen atoms in total. The van der Waals surface area contributed by atoms with Crippen molar-refractivity contribution in [1.82, 2.24) is 0 Å². The van der Waals surface area contributed by atoms with Crippen LogP contribution in [0.15, 0.2) is 66.7 Å². The van der Waals surface area contributed by atoms with Crippen molar-refractivity contribution in [3.63, 3.8) is 0 Å². The van der Waals surface area contributed by atoms with Crippen molar-refractivity contribution in [1.29, 1.82) is 0 Å². The highest BCUT2D eigenvalue weighted by molar-refractivity contribution is 7.25. The van der Waals surface area contributed by atoms with Crippen LogP contribution < -0.4 is 0 Å². The van der Waals surface area contributed by atoms with Gasteiger partial charge in [0.05, 0.1) is 0 Å². The molecule has 0 aliphatic rings. The fourth-order valence-corrected chi connectivity index (χ4v) is 4.40. The summed E-state index contributed by atoms with van der Waals surface area (Å²) < 4.78 is 2.74. The molecule has 0 N–H and O–H groups in total. The van der Waals surface area contributed by atoms with Crippen LogP contribution in [0.1, 0.15) is 19.4 Å². The first-order valence-electron chi connectivity index (χ1n) is 8.21. The molecule has 3 aromatic carbocycles. The van der Waals surface area contributed by atoms with Gasteiger partial charge in [-0.2, -0.15) is 0 Å². The molecule has 0 aliphatic carbocycles. The van der Waals surface area contributed by atoms with Gasteiger partial charge in [0.1, 0.15) is 0 Å². The summed E-state index contributed by atoms with van der Waals surface area (Å²) in [6.07, 6.45) is 1.14. The molecule has 23 heavy (non-hydrogen) atoms. The monoisotopic (exact) mass is 316 g/mol. The third-order valence-corrected chi connectivity index (χ3v) is 5.42. The Balaban J connectivity index is 1.81. The van der Waals surface area contributed by atoms with Gasteiger partial charge in [-0.15, -0.1) is 11.3 Å². The molecule has 0 atom stereocenters. The topological polar surface area (TPSA) is 0 Å². The van der Waals surface area contributed by atoms with Gasteiger partial charge in [0.2, 0.25) is 0 Å². The predicted octanol–water partition coefficient (Wildman–Crippen LogP) is 6.92. The third kappa shape index (κ3) is 2.77. The fraction of sp³-hybridized carbons (Fsp3) is 0.182. The summed E-state index contributed by atoms with van der Waals surface area (Å²) in [6, 6.07) is 24.5. The third-order valence-electron chi connectivity index (χ3n) is 4.28. The van der Waals surface area contributed by atoms with Crippen molar-refractivity contribution in [2.75, 3.05) is 0 Å². The average molecular weight is 316 g/mol. The largest absolute Gasteiger partial charge is 0.135 e. The summed E-state index contributed by atoms with van der Waals surface area (Å²) in [5.41, 5.74) is 4.06. The van der Waals surface area contributed by atoms with Crippen molar-refractivity contribution in [3.8, 4) is 11.1 Å². The lowest BCUT2D eigenvalue weighted by molar-refractivity contribution is 0.647.